The molecule has 0 amide bonds. The van der Waals surface area contributed by atoms with Gasteiger partial charge in [0, 0.05) is 0 Å². The van der Waals surface area contributed by atoms with Crippen molar-refractivity contribution in [1.29, 1.82) is 0 Å². The standard InChI is InChI=1S/C8H9ClO2/c1-5-3-6(10)8(9)7(4-5)11-2/h3-4,10H,1-2H3/i8+1. The molecular weight excluding hydrogens is 165 g/mol. The minimum Gasteiger partial charge on any atom is -0.506 e. The van der Waals surface area contributed by atoms with E-state index in [0.717, 1.165) is 5.56 Å². The van der Waals surface area contributed by atoms with E-state index in [1.54, 1.807) is 12.1 Å². The van der Waals surface area contributed by atoms with Crippen LogP contribution in [0.1, 0.15) is 5.56 Å². The molecule has 0 fully saturated rings. The highest BCUT2D eigenvalue weighted by Crippen LogP contribution is 2.33. The molecule has 0 radical (unpaired) electrons. The van der Waals surface area contributed by atoms with E-state index >= 15 is 0 Å². The van der Waals surface area contributed by atoms with Gasteiger partial charge in [-0.1, -0.05) is 11.6 Å². The van der Waals surface area contributed by atoms with Gasteiger partial charge in [0.05, 0.1) is 7.11 Å². The molecule has 0 aliphatic heterocycles. The largest absolute Gasteiger partial charge is 0.506 e. The van der Waals surface area contributed by atoms with Crippen LogP contribution in [0.4, 0.5) is 0 Å². The normalized spacial score (nSPS) is 9.73. The second kappa shape index (κ2) is 3.01. The summed E-state index contributed by atoms with van der Waals surface area (Å²) < 4.78 is 4.91. The molecule has 1 rings (SSSR count). The van der Waals surface area contributed by atoms with Gasteiger partial charge in [-0.15, -0.1) is 0 Å². The van der Waals surface area contributed by atoms with E-state index in [2.05, 4.69) is 0 Å². The minimum atomic E-state index is 0.0588. The maximum Gasteiger partial charge on any atom is 0.141 e. The number of halogens is 1. The van der Waals surface area contributed by atoms with Gasteiger partial charge in [0.2, 0.25) is 0 Å². The van der Waals surface area contributed by atoms with Gasteiger partial charge >= 0.3 is 0 Å². The van der Waals surface area contributed by atoms with E-state index < -0.39 is 0 Å². The van der Waals surface area contributed by atoms with Crippen LogP contribution in [0, 0.1) is 6.92 Å². The van der Waals surface area contributed by atoms with Gasteiger partial charge in [-0.05, 0) is 24.6 Å². The van der Waals surface area contributed by atoms with Gasteiger partial charge < -0.3 is 9.84 Å². The third kappa shape index (κ3) is 1.57. The van der Waals surface area contributed by atoms with Gasteiger partial charge in [-0.25, -0.2) is 0 Å². The summed E-state index contributed by atoms with van der Waals surface area (Å²) in [5.41, 5.74) is 0.920. The number of ether oxygens (including phenoxy) is 1. The lowest BCUT2D eigenvalue weighted by atomic mass is 10.3. The zero-order valence-corrected chi connectivity index (χ0v) is 7.14. The summed E-state index contributed by atoms with van der Waals surface area (Å²) in [6.07, 6.45) is 0. The second-order valence-corrected chi connectivity index (χ2v) is 2.68. The van der Waals surface area contributed by atoms with Crippen molar-refractivity contribution >= 4 is 11.6 Å². The maximum atomic E-state index is 9.20. The van der Waals surface area contributed by atoms with E-state index in [4.69, 9.17) is 16.3 Å². The van der Waals surface area contributed by atoms with Crippen LogP contribution in [-0.4, -0.2) is 12.2 Å². The average molecular weight is 174 g/mol. The zero-order valence-electron chi connectivity index (χ0n) is 6.39. The van der Waals surface area contributed by atoms with Crippen LogP contribution in [0.5, 0.6) is 11.5 Å². The fourth-order valence-corrected chi connectivity index (χ4v) is 1.05. The molecule has 2 nitrogen and oxygen atoms in total. The summed E-state index contributed by atoms with van der Waals surface area (Å²) in [5, 5.41) is 9.46. The van der Waals surface area contributed by atoms with Crippen LogP contribution < -0.4 is 4.74 Å². The van der Waals surface area contributed by atoms with Crippen LogP contribution in [0.25, 0.3) is 0 Å². The first-order valence-electron chi connectivity index (χ1n) is 3.18. The molecule has 0 spiro atoms. The highest BCUT2D eigenvalue weighted by atomic mass is 35.5. The fourth-order valence-electron chi connectivity index (χ4n) is 0.866. The van der Waals surface area contributed by atoms with Crippen LogP contribution in [0.3, 0.4) is 0 Å². The third-order valence-electron chi connectivity index (χ3n) is 1.38. The van der Waals surface area contributed by atoms with E-state index in [1.807, 2.05) is 6.92 Å². The number of aryl methyl sites for hydroxylation is 1. The Hall–Kier alpha value is -0.890. The number of phenols is 1. The van der Waals surface area contributed by atoms with Crippen molar-refractivity contribution in [3.63, 3.8) is 0 Å². The molecule has 0 unspecified atom stereocenters. The third-order valence-corrected chi connectivity index (χ3v) is 1.76. The SMILES string of the molecule is COc1cc(C)cc(O)[13c]1Cl. The van der Waals surface area contributed by atoms with Crippen molar-refractivity contribution in [2.24, 2.45) is 0 Å². The van der Waals surface area contributed by atoms with Gasteiger partial charge in [0.1, 0.15) is 16.5 Å². The smallest absolute Gasteiger partial charge is 0.141 e. The first kappa shape index (κ1) is 8.21. The number of rotatable bonds is 1. The molecule has 60 valence electrons. The molecule has 3 heteroatoms. The van der Waals surface area contributed by atoms with Crippen molar-refractivity contribution in [3.05, 3.63) is 22.7 Å². The fraction of sp³-hybridized carbons (Fsp3) is 0.250. The van der Waals surface area contributed by atoms with Crippen LogP contribution in [0.2, 0.25) is 5.02 Å². The highest BCUT2D eigenvalue weighted by Gasteiger charge is 2.05. The van der Waals surface area contributed by atoms with Crippen LogP contribution in [0.15, 0.2) is 12.1 Å². The van der Waals surface area contributed by atoms with Gasteiger partial charge in [0.25, 0.3) is 0 Å². The minimum absolute atomic E-state index is 0.0588. The molecule has 0 aliphatic carbocycles. The summed E-state index contributed by atoms with van der Waals surface area (Å²) >= 11 is 5.69. The van der Waals surface area contributed by atoms with E-state index in [1.165, 1.54) is 7.11 Å². The Morgan fingerprint density at radius 2 is 2.09 bits per heavy atom. The maximum absolute atomic E-state index is 9.20. The van der Waals surface area contributed by atoms with E-state index in [9.17, 15) is 5.11 Å². The quantitative estimate of drug-likeness (QED) is 0.707. The second-order valence-electron chi connectivity index (χ2n) is 2.30. The van der Waals surface area contributed by atoms with Gasteiger partial charge in [0.15, 0.2) is 0 Å². The molecule has 1 aromatic rings. The molecule has 11 heavy (non-hydrogen) atoms. The molecule has 1 N–H and O–H groups in total. The lowest BCUT2D eigenvalue weighted by molar-refractivity contribution is 0.407. The Morgan fingerprint density at radius 1 is 1.45 bits per heavy atom. The first-order valence-corrected chi connectivity index (χ1v) is 3.56. The van der Waals surface area contributed by atoms with Crippen molar-refractivity contribution in [2.75, 3.05) is 7.11 Å². The van der Waals surface area contributed by atoms with Crippen LogP contribution >= 0.6 is 11.6 Å². The molecule has 0 bridgehead atoms. The summed E-state index contributed by atoms with van der Waals surface area (Å²) in [5.74, 6) is 0.563. The van der Waals surface area contributed by atoms with E-state index in [-0.39, 0.29) is 10.8 Å². The lowest BCUT2D eigenvalue weighted by Gasteiger charge is -2.05. The number of hydrogen-bond donors (Lipinski definition) is 1. The molecule has 1 aromatic carbocycles. The Labute approximate surface area is 70.4 Å². The molecule has 0 saturated heterocycles. The highest BCUT2D eigenvalue weighted by molar-refractivity contribution is 6.33. The average Bonchev–Trinajstić information content (AvgIpc) is 1.96. The topological polar surface area (TPSA) is 29.5 Å². The summed E-state index contributed by atoms with van der Waals surface area (Å²) in [6.45, 7) is 1.86. The predicted molar refractivity (Wildman–Crippen MR) is 44.4 cm³/mol. The van der Waals surface area contributed by atoms with Crippen molar-refractivity contribution in [1.82, 2.24) is 0 Å². The number of benzene rings is 1. The van der Waals surface area contributed by atoms with Crippen LogP contribution in [-0.2, 0) is 0 Å². The number of phenolic OH excluding ortho intramolecular Hbond substituents is 1. The molecule has 0 heterocycles. The molecule has 0 aliphatic rings. The number of methoxy groups -OCH3 is 1. The van der Waals surface area contributed by atoms with Gasteiger partial charge in [-0.3, -0.25) is 0 Å². The summed E-state index contributed by atoms with van der Waals surface area (Å²) in [4.78, 5) is 0. The molecule has 0 saturated carbocycles. The Morgan fingerprint density at radius 3 is 2.64 bits per heavy atom. The summed E-state index contributed by atoms with van der Waals surface area (Å²) in [7, 11) is 1.51. The predicted octanol–water partition coefficient (Wildman–Crippen LogP) is 2.36. The zero-order chi connectivity index (χ0) is 8.43. The number of aromatic hydroxyl groups is 1. The molecule has 0 atom stereocenters. The first-order chi connectivity index (χ1) is 5.15. The van der Waals surface area contributed by atoms with Crippen molar-refractivity contribution in [2.45, 2.75) is 6.92 Å². The Balaban J connectivity index is 3.24. The van der Waals surface area contributed by atoms with E-state index in [0.29, 0.717) is 5.75 Å². The molecule has 0 aromatic heterocycles. The summed E-state index contributed by atoms with van der Waals surface area (Å²) in [6, 6.07) is 3.35. The van der Waals surface area contributed by atoms with Crippen molar-refractivity contribution < 1.29 is 9.84 Å². The Kier molecular flexibility index (Phi) is 2.25. The van der Waals surface area contributed by atoms with Gasteiger partial charge in [-0.2, -0.15) is 0 Å². The Bertz CT molecular complexity index is 271. The van der Waals surface area contributed by atoms with Crippen molar-refractivity contribution in [3.8, 4) is 11.5 Å². The monoisotopic (exact) mass is 173 g/mol. The lowest BCUT2D eigenvalue weighted by Crippen LogP contribution is -1.85. The number of hydrogen-bond acceptors (Lipinski definition) is 2. The molecular formula is C8H9ClO2.